The second kappa shape index (κ2) is 7.95. The van der Waals surface area contributed by atoms with Crippen LogP contribution >= 0.6 is 11.3 Å². The van der Waals surface area contributed by atoms with E-state index in [1.165, 1.54) is 11.3 Å². The molecule has 0 atom stereocenters. The van der Waals surface area contributed by atoms with Crippen LogP contribution in [0.1, 0.15) is 43.4 Å². The number of hydrogen-bond donors (Lipinski definition) is 0. The second-order valence-electron chi connectivity index (χ2n) is 6.62. The standard InChI is InChI=1S/C18H26N2O2S/c21-17(7-6-16-5-4-14-23-16)19-12-8-15(9-13-19)18(22)20-10-2-1-3-11-20/h4-5,14-15H,1-3,6-13H2. The molecule has 0 spiro atoms. The zero-order valence-electron chi connectivity index (χ0n) is 13.7. The summed E-state index contributed by atoms with van der Waals surface area (Å²) < 4.78 is 0. The number of aryl methyl sites for hydroxylation is 1. The second-order valence-corrected chi connectivity index (χ2v) is 7.65. The smallest absolute Gasteiger partial charge is 0.225 e. The van der Waals surface area contributed by atoms with Crippen molar-refractivity contribution < 1.29 is 9.59 Å². The van der Waals surface area contributed by atoms with Gasteiger partial charge in [-0.1, -0.05) is 6.07 Å². The highest BCUT2D eigenvalue weighted by atomic mass is 32.1. The maximum absolute atomic E-state index is 12.5. The Kier molecular flexibility index (Phi) is 5.70. The number of rotatable bonds is 4. The number of carbonyl (C=O) groups is 2. The number of carbonyl (C=O) groups excluding carboxylic acids is 2. The van der Waals surface area contributed by atoms with Gasteiger partial charge < -0.3 is 9.80 Å². The first kappa shape index (κ1) is 16.5. The molecule has 1 aromatic rings. The molecule has 126 valence electrons. The molecule has 0 bridgehead atoms. The van der Waals surface area contributed by atoms with Crippen molar-refractivity contribution in [3.05, 3.63) is 22.4 Å². The molecule has 3 heterocycles. The quantitative estimate of drug-likeness (QED) is 0.849. The first-order valence-electron chi connectivity index (χ1n) is 8.83. The number of amides is 2. The van der Waals surface area contributed by atoms with E-state index < -0.39 is 0 Å². The van der Waals surface area contributed by atoms with Crippen molar-refractivity contribution in [3.63, 3.8) is 0 Å². The van der Waals surface area contributed by atoms with E-state index in [2.05, 4.69) is 11.4 Å². The van der Waals surface area contributed by atoms with Crippen molar-refractivity contribution >= 4 is 23.2 Å². The fraction of sp³-hybridized carbons (Fsp3) is 0.667. The molecular weight excluding hydrogens is 308 g/mol. The van der Waals surface area contributed by atoms with E-state index in [9.17, 15) is 9.59 Å². The van der Waals surface area contributed by atoms with Crippen molar-refractivity contribution in [2.75, 3.05) is 26.2 Å². The van der Waals surface area contributed by atoms with Gasteiger partial charge in [-0.15, -0.1) is 11.3 Å². The molecule has 0 radical (unpaired) electrons. The SMILES string of the molecule is O=C(CCc1cccs1)N1CCC(C(=O)N2CCCCC2)CC1. The van der Waals surface area contributed by atoms with Crippen LogP contribution in [0.15, 0.2) is 17.5 Å². The number of hydrogen-bond acceptors (Lipinski definition) is 3. The fourth-order valence-corrected chi connectivity index (χ4v) is 4.30. The Labute approximate surface area is 142 Å². The molecule has 2 saturated heterocycles. The van der Waals surface area contributed by atoms with Gasteiger partial charge in [-0.25, -0.2) is 0 Å². The van der Waals surface area contributed by atoms with Gasteiger partial charge in [0, 0.05) is 43.4 Å². The number of piperidine rings is 2. The molecular formula is C18H26N2O2S. The maximum Gasteiger partial charge on any atom is 0.225 e. The predicted octanol–water partition coefficient (Wildman–Crippen LogP) is 2.93. The van der Waals surface area contributed by atoms with Gasteiger partial charge in [0.2, 0.25) is 11.8 Å². The minimum atomic E-state index is 0.134. The topological polar surface area (TPSA) is 40.6 Å². The van der Waals surface area contributed by atoms with E-state index in [1.54, 1.807) is 11.3 Å². The van der Waals surface area contributed by atoms with E-state index in [0.717, 1.165) is 58.3 Å². The minimum absolute atomic E-state index is 0.134. The zero-order valence-corrected chi connectivity index (χ0v) is 14.5. The van der Waals surface area contributed by atoms with Crippen LogP contribution in [0.3, 0.4) is 0 Å². The highest BCUT2D eigenvalue weighted by Gasteiger charge is 2.30. The predicted molar refractivity (Wildman–Crippen MR) is 92.4 cm³/mol. The van der Waals surface area contributed by atoms with Crippen LogP contribution in [0.25, 0.3) is 0 Å². The number of thiophene rings is 1. The van der Waals surface area contributed by atoms with Crippen molar-refractivity contribution in [1.29, 1.82) is 0 Å². The van der Waals surface area contributed by atoms with Gasteiger partial charge in [0.15, 0.2) is 0 Å². The maximum atomic E-state index is 12.5. The van der Waals surface area contributed by atoms with E-state index >= 15 is 0 Å². The lowest BCUT2D eigenvalue weighted by molar-refractivity contribution is -0.141. The molecule has 0 unspecified atom stereocenters. The Balaban J connectivity index is 1.42. The zero-order chi connectivity index (χ0) is 16.1. The van der Waals surface area contributed by atoms with Crippen LogP contribution in [0.5, 0.6) is 0 Å². The summed E-state index contributed by atoms with van der Waals surface area (Å²) >= 11 is 1.71. The first-order valence-corrected chi connectivity index (χ1v) is 9.71. The molecule has 23 heavy (non-hydrogen) atoms. The van der Waals surface area contributed by atoms with Gasteiger partial charge in [0.25, 0.3) is 0 Å². The Morgan fingerprint density at radius 2 is 1.78 bits per heavy atom. The molecule has 0 saturated carbocycles. The molecule has 5 heteroatoms. The molecule has 2 aliphatic rings. The molecule has 3 rings (SSSR count). The van der Waals surface area contributed by atoms with Crippen LogP contribution in [0.4, 0.5) is 0 Å². The lowest BCUT2D eigenvalue weighted by atomic mass is 9.94. The average molecular weight is 334 g/mol. The normalized spacial score (nSPS) is 19.8. The number of likely N-dealkylation sites (tertiary alicyclic amines) is 2. The largest absolute Gasteiger partial charge is 0.343 e. The number of nitrogens with zero attached hydrogens (tertiary/aromatic N) is 2. The summed E-state index contributed by atoms with van der Waals surface area (Å²) in [6.07, 6.45) is 6.63. The molecule has 1 aromatic heterocycles. The van der Waals surface area contributed by atoms with E-state index in [1.807, 2.05) is 15.9 Å². The van der Waals surface area contributed by atoms with Crippen molar-refractivity contribution in [2.24, 2.45) is 5.92 Å². The van der Waals surface area contributed by atoms with Crippen molar-refractivity contribution in [3.8, 4) is 0 Å². The Morgan fingerprint density at radius 1 is 1.04 bits per heavy atom. The third-order valence-electron chi connectivity index (χ3n) is 5.03. The lowest BCUT2D eigenvalue weighted by Crippen LogP contribution is -2.45. The van der Waals surface area contributed by atoms with Gasteiger partial charge in [-0.3, -0.25) is 9.59 Å². The minimum Gasteiger partial charge on any atom is -0.343 e. The molecule has 0 aliphatic carbocycles. The highest BCUT2D eigenvalue weighted by Crippen LogP contribution is 2.22. The van der Waals surface area contributed by atoms with E-state index in [-0.39, 0.29) is 11.8 Å². The van der Waals surface area contributed by atoms with Crippen LogP contribution in [-0.4, -0.2) is 47.8 Å². The van der Waals surface area contributed by atoms with Crippen LogP contribution in [0, 0.1) is 5.92 Å². The van der Waals surface area contributed by atoms with Crippen molar-refractivity contribution in [1.82, 2.24) is 9.80 Å². The van der Waals surface area contributed by atoms with Crippen LogP contribution < -0.4 is 0 Å². The summed E-state index contributed by atoms with van der Waals surface area (Å²) in [4.78, 5) is 30.1. The molecule has 2 amide bonds. The van der Waals surface area contributed by atoms with Crippen LogP contribution in [-0.2, 0) is 16.0 Å². The van der Waals surface area contributed by atoms with Gasteiger partial charge in [-0.2, -0.15) is 0 Å². The summed E-state index contributed by atoms with van der Waals surface area (Å²) in [7, 11) is 0. The van der Waals surface area contributed by atoms with E-state index in [0.29, 0.717) is 12.3 Å². The van der Waals surface area contributed by atoms with Crippen molar-refractivity contribution in [2.45, 2.75) is 44.9 Å². The summed E-state index contributed by atoms with van der Waals surface area (Å²) in [6, 6.07) is 4.11. The summed E-state index contributed by atoms with van der Waals surface area (Å²) in [5, 5.41) is 2.05. The van der Waals surface area contributed by atoms with E-state index in [4.69, 9.17) is 0 Å². The van der Waals surface area contributed by atoms with Gasteiger partial charge in [0.05, 0.1) is 0 Å². The third kappa shape index (κ3) is 4.34. The van der Waals surface area contributed by atoms with Gasteiger partial charge >= 0.3 is 0 Å². The first-order chi connectivity index (χ1) is 11.2. The Morgan fingerprint density at radius 3 is 2.43 bits per heavy atom. The summed E-state index contributed by atoms with van der Waals surface area (Å²) in [6.45, 7) is 3.35. The van der Waals surface area contributed by atoms with Crippen LogP contribution in [0.2, 0.25) is 0 Å². The Bertz CT molecular complexity index is 515. The summed E-state index contributed by atoms with van der Waals surface area (Å²) in [5.41, 5.74) is 0. The Hall–Kier alpha value is -1.36. The monoisotopic (exact) mass is 334 g/mol. The molecule has 0 N–H and O–H groups in total. The third-order valence-corrected chi connectivity index (χ3v) is 5.97. The van der Waals surface area contributed by atoms with Gasteiger partial charge in [-0.05, 0) is 50.0 Å². The molecule has 0 aromatic carbocycles. The fourth-order valence-electron chi connectivity index (χ4n) is 3.59. The molecule has 4 nitrogen and oxygen atoms in total. The highest BCUT2D eigenvalue weighted by molar-refractivity contribution is 7.09. The van der Waals surface area contributed by atoms with Gasteiger partial charge in [0.1, 0.15) is 0 Å². The average Bonchev–Trinajstić information content (AvgIpc) is 3.13. The molecule has 2 aliphatic heterocycles. The summed E-state index contributed by atoms with van der Waals surface area (Å²) in [5.74, 6) is 0.701. The molecule has 2 fully saturated rings. The lowest BCUT2D eigenvalue weighted by Gasteiger charge is -2.35.